The van der Waals surface area contributed by atoms with Gasteiger partial charge < -0.3 is 10.2 Å². The fourth-order valence-electron chi connectivity index (χ4n) is 3.39. The summed E-state index contributed by atoms with van der Waals surface area (Å²) in [4.78, 5) is 37.6. The second kappa shape index (κ2) is 8.79. The zero-order valence-electron chi connectivity index (χ0n) is 16.1. The zero-order chi connectivity index (χ0) is 20.1. The summed E-state index contributed by atoms with van der Waals surface area (Å²) in [7, 11) is 0. The number of amides is 2. The van der Waals surface area contributed by atoms with Crippen molar-refractivity contribution in [2.24, 2.45) is 0 Å². The van der Waals surface area contributed by atoms with Gasteiger partial charge in [0.05, 0.1) is 23.8 Å². The van der Waals surface area contributed by atoms with Gasteiger partial charge in [-0.1, -0.05) is 42.5 Å². The van der Waals surface area contributed by atoms with Crippen LogP contribution in [0.3, 0.4) is 0 Å². The normalized spacial score (nSPS) is 14.7. The fraction of sp³-hybridized carbons (Fsp3) is 0.273. The van der Waals surface area contributed by atoms with Crippen LogP contribution in [-0.2, 0) is 11.3 Å². The summed E-state index contributed by atoms with van der Waals surface area (Å²) >= 11 is 0. The number of rotatable bonds is 5. The molecule has 0 radical (unpaired) electrons. The third-order valence-electron chi connectivity index (χ3n) is 5.03. The van der Waals surface area contributed by atoms with Gasteiger partial charge in [-0.3, -0.25) is 19.5 Å². The van der Waals surface area contributed by atoms with E-state index in [9.17, 15) is 9.59 Å². The molecule has 7 heteroatoms. The van der Waals surface area contributed by atoms with Gasteiger partial charge in [-0.15, -0.1) is 0 Å². The lowest BCUT2D eigenvalue weighted by Crippen LogP contribution is -2.51. The monoisotopic (exact) mass is 389 g/mol. The minimum Gasteiger partial charge on any atom is -0.351 e. The number of hydrogen-bond donors (Lipinski definition) is 1. The number of carbonyl (C=O) groups is 2. The molecule has 0 unspecified atom stereocenters. The maximum atomic E-state index is 12.8. The predicted octanol–water partition coefficient (Wildman–Crippen LogP) is 1.70. The largest absolute Gasteiger partial charge is 0.351 e. The first-order chi connectivity index (χ1) is 14.2. The van der Waals surface area contributed by atoms with Gasteiger partial charge in [-0.05, 0) is 17.7 Å². The SMILES string of the molecule is O=C(CN1CCN(C(=O)c2cnc3ccccc3n2)CC1)NCc1ccccc1. The Bertz CT molecular complexity index is 1000. The first kappa shape index (κ1) is 19.0. The smallest absolute Gasteiger partial charge is 0.274 e. The van der Waals surface area contributed by atoms with Gasteiger partial charge in [0.2, 0.25) is 5.91 Å². The summed E-state index contributed by atoms with van der Waals surface area (Å²) in [5, 5.41) is 2.94. The highest BCUT2D eigenvalue weighted by Crippen LogP contribution is 2.11. The van der Waals surface area contributed by atoms with Crippen molar-refractivity contribution in [3.05, 3.63) is 72.1 Å². The number of nitrogens with one attached hydrogen (secondary N) is 1. The molecule has 1 aromatic heterocycles. The molecule has 0 bridgehead atoms. The molecular formula is C22H23N5O2. The van der Waals surface area contributed by atoms with Crippen molar-refractivity contribution in [2.45, 2.75) is 6.54 Å². The average Bonchev–Trinajstić information content (AvgIpc) is 2.78. The summed E-state index contributed by atoms with van der Waals surface area (Å²) in [5.74, 6) is -0.120. The number of hydrogen-bond acceptors (Lipinski definition) is 5. The minimum absolute atomic E-state index is 0.00553. The van der Waals surface area contributed by atoms with E-state index in [-0.39, 0.29) is 11.8 Å². The van der Waals surface area contributed by atoms with Gasteiger partial charge in [0, 0.05) is 32.7 Å². The molecule has 148 valence electrons. The van der Waals surface area contributed by atoms with Crippen molar-refractivity contribution in [1.29, 1.82) is 0 Å². The molecule has 3 aromatic rings. The molecule has 2 heterocycles. The van der Waals surface area contributed by atoms with E-state index >= 15 is 0 Å². The van der Waals surface area contributed by atoms with E-state index in [0.29, 0.717) is 50.5 Å². The Morgan fingerprint density at radius 2 is 1.59 bits per heavy atom. The van der Waals surface area contributed by atoms with Crippen molar-refractivity contribution in [1.82, 2.24) is 25.1 Å². The highest BCUT2D eigenvalue weighted by atomic mass is 16.2. The number of nitrogens with zero attached hydrogens (tertiary/aromatic N) is 4. The molecule has 1 aliphatic heterocycles. The van der Waals surface area contributed by atoms with Gasteiger partial charge in [0.25, 0.3) is 5.91 Å². The summed E-state index contributed by atoms with van der Waals surface area (Å²) in [6.45, 7) is 3.32. The second-order valence-corrected chi connectivity index (χ2v) is 7.07. The highest BCUT2D eigenvalue weighted by Gasteiger charge is 2.24. The first-order valence-electron chi connectivity index (χ1n) is 9.73. The van der Waals surface area contributed by atoms with E-state index in [1.165, 1.54) is 6.20 Å². The maximum absolute atomic E-state index is 12.8. The summed E-state index contributed by atoms with van der Waals surface area (Å²) < 4.78 is 0. The highest BCUT2D eigenvalue weighted by molar-refractivity contribution is 5.93. The predicted molar refractivity (Wildman–Crippen MR) is 110 cm³/mol. The van der Waals surface area contributed by atoms with Crippen LogP contribution in [0.15, 0.2) is 60.8 Å². The second-order valence-electron chi connectivity index (χ2n) is 7.07. The number of piperazine rings is 1. The molecule has 0 spiro atoms. The summed E-state index contributed by atoms with van der Waals surface area (Å²) in [6.07, 6.45) is 1.54. The molecule has 7 nitrogen and oxygen atoms in total. The van der Waals surface area contributed by atoms with Crippen LogP contribution in [0.2, 0.25) is 0 Å². The third-order valence-corrected chi connectivity index (χ3v) is 5.03. The van der Waals surface area contributed by atoms with E-state index < -0.39 is 0 Å². The molecular weight excluding hydrogens is 366 g/mol. The van der Waals surface area contributed by atoms with Gasteiger partial charge in [-0.25, -0.2) is 4.98 Å². The molecule has 2 aromatic carbocycles. The van der Waals surface area contributed by atoms with E-state index in [1.807, 2.05) is 54.6 Å². The van der Waals surface area contributed by atoms with Crippen LogP contribution in [0, 0.1) is 0 Å². The van der Waals surface area contributed by atoms with E-state index in [4.69, 9.17) is 0 Å². The lowest BCUT2D eigenvalue weighted by Gasteiger charge is -2.34. The lowest BCUT2D eigenvalue weighted by atomic mass is 10.2. The van der Waals surface area contributed by atoms with Crippen molar-refractivity contribution in [2.75, 3.05) is 32.7 Å². The molecule has 1 aliphatic rings. The summed E-state index contributed by atoms with van der Waals surface area (Å²) in [6, 6.07) is 17.3. The Labute approximate surface area is 169 Å². The minimum atomic E-state index is -0.114. The fourth-order valence-corrected chi connectivity index (χ4v) is 3.39. The van der Waals surface area contributed by atoms with E-state index in [1.54, 1.807) is 4.90 Å². The van der Waals surface area contributed by atoms with Crippen LogP contribution in [0.25, 0.3) is 11.0 Å². The molecule has 4 rings (SSSR count). The standard InChI is InChI=1S/C22H23N5O2/c28-21(24-14-17-6-2-1-3-7-17)16-26-10-12-27(13-11-26)22(29)20-15-23-18-8-4-5-9-19(18)25-20/h1-9,15H,10-14,16H2,(H,24,28). The van der Waals surface area contributed by atoms with Crippen molar-refractivity contribution < 1.29 is 9.59 Å². The van der Waals surface area contributed by atoms with Crippen LogP contribution < -0.4 is 5.32 Å². The maximum Gasteiger partial charge on any atom is 0.274 e. The Morgan fingerprint density at radius 3 is 2.34 bits per heavy atom. The van der Waals surface area contributed by atoms with Gasteiger partial charge in [-0.2, -0.15) is 0 Å². The molecule has 0 saturated carbocycles. The van der Waals surface area contributed by atoms with Crippen LogP contribution in [0.4, 0.5) is 0 Å². The average molecular weight is 389 g/mol. The van der Waals surface area contributed by atoms with E-state index in [0.717, 1.165) is 11.1 Å². The number of carbonyl (C=O) groups excluding carboxylic acids is 2. The topological polar surface area (TPSA) is 78.4 Å². The molecule has 1 saturated heterocycles. The van der Waals surface area contributed by atoms with Gasteiger partial charge >= 0.3 is 0 Å². The molecule has 29 heavy (non-hydrogen) atoms. The molecule has 0 atom stereocenters. The third kappa shape index (κ3) is 4.75. The number of benzene rings is 2. The Morgan fingerprint density at radius 1 is 0.897 bits per heavy atom. The van der Waals surface area contributed by atoms with Crippen LogP contribution in [0.1, 0.15) is 16.1 Å². The van der Waals surface area contributed by atoms with Gasteiger partial charge in [0.15, 0.2) is 0 Å². The zero-order valence-corrected chi connectivity index (χ0v) is 16.1. The molecule has 2 amide bonds. The Hall–Kier alpha value is -3.32. The van der Waals surface area contributed by atoms with Gasteiger partial charge in [0.1, 0.15) is 5.69 Å². The summed E-state index contributed by atoms with van der Waals surface area (Å²) in [5.41, 5.74) is 2.92. The first-order valence-corrected chi connectivity index (χ1v) is 9.73. The molecule has 1 N–H and O–H groups in total. The van der Waals surface area contributed by atoms with Crippen molar-refractivity contribution in [3.8, 4) is 0 Å². The lowest BCUT2D eigenvalue weighted by molar-refractivity contribution is -0.122. The van der Waals surface area contributed by atoms with Crippen LogP contribution in [0.5, 0.6) is 0 Å². The molecule has 1 fully saturated rings. The van der Waals surface area contributed by atoms with Crippen LogP contribution >= 0.6 is 0 Å². The van der Waals surface area contributed by atoms with Crippen molar-refractivity contribution >= 4 is 22.8 Å². The molecule has 0 aliphatic carbocycles. The van der Waals surface area contributed by atoms with Crippen molar-refractivity contribution in [3.63, 3.8) is 0 Å². The number of aromatic nitrogens is 2. The number of para-hydroxylation sites is 2. The number of fused-ring (bicyclic) bond motifs is 1. The Balaban J connectivity index is 1.27. The Kier molecular flexibility index (Phi) is 5.76. The quantitative estimate of drug-likeness (QED) is 0.719. The van der Waals surface area contributed by atoms with E-state index in [2.05, 4.69) is 20.2 Å². The van der Waals surface area contributed by atoms with Crippen LogP contribution in [-0.4, -0.2) is 64.3 Å².